The van der Waals surface area contributed by atoms with Crippen LogP contribution in [0.25, 0.3) is 16.3 Å². The number of thiophene rings is 1. The summed E-state index contributed by atoms with van der Waals surface area (Å²) in [6, 6.07) is 15.8. The van der Waals surface area contributed by atoms with Gasteiger partial charge in [0, 0.05) is 6.04 Å². The number of hydrogen-bond donors (Lipinski definition) is 1. The van der Waals surface area contributed by atoms with Crippen LogP contribution in [0.5, 0.6) is 0 Å². The summed E-state index contributed by atoms with van der Waals surface area (Å²) >= 11 is 1.62. The van der Waals surface area contributed by atoms with Crippen LogP contribution in [-0.4, -0.2) is 21.7 Å². The summed E-state index contributed by atoms with van der Waals surface area (Å²) in [5.74, 6) is -0.0879. The number of rotatable bonds is 6. The third-order valence-corrected chi connectivity index (χ3v) is 4.71. The fourth-order valence-electron chi connectivity index (χ4n) is 2.66. The first-order valence-electron chi connectivity index (χ1n) is 8.19. The number of carbonyl (C=O) groups excluding carboxylic acids is 1. The Labute approximate surface area is 146 Å². The lowest BCUT2D eigenvalue weighted by atomic mass is 10.2. The minimum atomic E-state index is -0.0879. The van der Waals surface area contributed by atoms with Crippen molar-refractivity contribution in [3.05, 3.63) is 59.6 Å². The minimum Gasteiger partial charge on any atom is -0.348 e. The van der Waals surface area contributed by atoms with Gasteiger partial charge in [-0.3, -0.25) is 4.79 Å². The molecule has 2 heterocycles. The summed E-state index contributed by atoms with van der Waals surface area (Å²) in [4.78, 5) is 13.8. The van der Waals surface area contributed by atoms with E-state index in [-0.39, 0.29) is 11.9 Å². The maximum atomic E-state index is 12.7. The van der Waals surface area contributed by atoms with Gasteiger partial charge in [0.1, 0.15) is 11.4 Å². The standard InChI is InChI=1S/C19H21N3OS/c1-3-8-14(2)20-19(23)17-13-16(18-11-7-12-24-18)21-22(17)15-9-5-4-6-10-15/h4-7,9-14H,3,8H2,1-2H3,(H,20,23). The summed E-state index contributed by atoms with van der Waals surface area (Å²) in [6.07, 6.45) is 2.00. The van der Waals surface area contributed by atoms with Gasteiger partial charge in [0.25, 0.3) is 5.91 Å². The largest absolute Gasteiger partial charge is 0.348 e. The lowest BCUT2D eigenvalue weighted by Crippen LogP contribution is -2.33. The molecule has 1 aromatic carbocycles. The van der Waals surface area contributed by atoms with Gasteiger partial charge in [-0.25, -0.2) is 4.68 Å². The maximum Gasteiger partial charge on any atom is 0.270 e. The van der Waals surface area contributed by atoms with Gasteiger partial charge in [0.15, 0.2) is 0 Å². The first-order valence-corrected chi connectivity index (χ1v) is 9.07. The van der Waals surface area contributed by atoms with E-state index >= 15 is 0 Å². The number of amides is 1. The Morgan fingerprint density at radius 3 is 2.71 bits per heavy atom. The molecule has 1 unspecified atom stereocenters. The molecule has 1 amide bonds. The second kappa shape index (κ2) is 7.45. The fourth-order valence-corrected chi connectivity index (χ4v) is 3.34. The molecule has 0 bridgehead atoms. The Kier molecular flexibility index (Phi) is 5.11. The molecular weight excluding hydrogens is 318 g/mol. The van der Waals surface area contributed by atoms with Crippen LogP contribution in [0.3, 0.4) is 0 Å². The van der Waals surface area contributed by atoms with Crippen molar-refractivity contribution >= 4 is 17.2 Å². The van der Waals surface area contributed by atoms with Crippen molar-refractivity contribution in [1.82, 2.24) is 15.1 Å². The van der Waals surface area contributed by atoms with Crippen LogP contribution in [0.15, 0.2) is 53.9 Å². The van der Waals surface area contributed by atoms with E-state index in [2.05, 4.69) is 17.3 Å². The van der Waals surface area contributed by atoms with Crippen molar-refractivity contribution in [1.29, 1.82) is 0 Å². The van der Waals surface area contributed by atoms with Crippen LogP contribution in [0.1, 0.15) is 37.2 Å². The summed E-state index contributed by atoms with van der Waals surface area (Å²) in [7, 11) is 0. The number of carbonyl (C=O) groups is 1. The Hall–Kier alpha value is -2.40. The third kappa shape index (κ3) is 3.57. The molecule has 3 aromatic rings. The molecule has 0 saturated carbocycles. The van der Waals surface area contributed by atoms with Crippen molar-refractivity contribution < 1.29 is 4.79 Å². The highest BCUT2D eigenvalue weighted by molar-refractivity contribution is 7.13. The molecule has 3 rings (SSSR count). The predicted molar refractivity (Wildman–Crippen MR) is 98.7 cm³/mol. The van der Waals surface area contributed by atoms with Gasteiger partial charge in [-0.1, -0.05) is 37.6 Å². The number of aromatic nitrogens is 2. The monoisotopic (exact) mass is 339 g/mol. The average molecular weight is 339 g/mol. The van der Waals surface area contributed by atoms with Crippen molar-refractivity contribution in [3.8, 4) is 16.3 Å². The molecular formula is C19H21N3OS. The van der Waals surface area contributed by atoms with Gasteiger partial charge >= 0.3 is 0 Å². The van der Waals surface area contributed by atoms with E-state index in [9.17, 15) is 4.79 Å². The van der Waals surface area contributed by atoms with E-state index in [0.717, 1.165) is 29.1 Å². The normalized spacial score (nSPS) is 12.1. The molecule has 124 valence electrons. The van der Waals surface area contributed by atoms with Gasteiger partial charge < -0.3 is 5.32 Å². The van der Waals surface area contributed by atoms with E-state index < -0.39 is 0 Å². The minimum absolute atomic E-state index is 0.0879. The molecule has 5 heteroatoms. The smallest absolute Gasteiger partial charge is 0.270 e. The molecule has 0 saturated heterocycles. The van der Waals surface area contributed by atoms with Gasteiger partial charge in [0.2, 0.25) is 0 Å². The molecule has 4 nitrogen and oxygen atoms in total. The lowest BCUT2D eigenvalue weighted by molar-refractivity contribution is 0.0930. The first-order chi connectivity index (χ1) is 11.7. The first kappa shape index (κ1) is 16.5. The van der Waals surface area contributed by atoms with Crippen molar-refractivity contribution in [2.45, 2.75) is 32.7 Å². The van der Waals surface area contributed by atoms with Crippen LogP contribution in [0.2, 0.25) is 0 Å². The number of nitrogens with zero attached hydrogens (tertiary/aromatic N) is 2. The van der Waals surface area contributed by atoms with Gasteiger partial charge in [-0.05, 0) is 43.0 Å². The maximum absolute atomic E-state index is 12.7. The number of benzene rings is 1. The highest BCUT2D eigenvalue weighted by atomic mass is 32.1. The Balaban J connectivity index is 1.98. The molecule has 1 N–H and O–H groups in total. The predicted octanol–water partition coefficient (Wildman–Crippen LogP) is 4.52. The second-order valence-electron chi connectivity index (χ2n) is 5.80. The van der Waals surface area contributed by atoms with Crippen LogP contribution in [-0.2, 0) is 0 Å². The van der Waals surface area contributed by atoms with Crippen LogP contribution >= 0.6 is 11.3 Å². The van der Waals surface area contributed by atoms with Gasteiger partial charge in [0.05, 0.1) is 10.6 Å². The van der Waals surface area contributed by atoms with Gasteiger partial charge in [-0.2, -0.15) is 5.10 Å². The second-order valence-corrected chi connectivity index (χ2v) is 6.75. The molecule has 24 heavy (non-hydrogen) atoms. The van der Waals surface area contributed by atoms with Crippen LogP contribution in [0, 0.1) is 0 Å². The van der Waals surface area contributed by atoms with E-state index in [4.69, 9.17) is 0 Å². The van der Waals surface area contributed by atoms with Crippen molar-refractivity contribution in [2.75, 3.05) is 0 Å². The average Bonchev–Trinajstić information content (AvgIpc) is 3.25. The molecule has 0 aliphatic carbocycles. The van der Waals surface area contributed by atoms with Crippen LogP contribution < -0.4 is 5.32 Å². The summed E-state index contributed by atoms with van der Waals surface area (Å²) in [6.45, 7) is 4.15. The number of nitrogens with one attached hydrogen (secondary N) is 1. The highest BCUT2D eigenvalue weighted by Crippen LogP contribution is 2.25. The summed E-state index contributed by atoms with van der Waals surface area (Å²) in [5.41, 5.74) is 2.27. The van der Waals surface area contributed by atoms with E-state index in [1.54, 1.807) is 16.0 Å². The zero-order valence-corrected chi connectivity index (χ0v) is 14.7. The molecule has 1 atom stereocenters. The topological polar surface area (TPSA) is 46.9 Å². The molecule has 0 aliphatic heterocycles. The third-order valence-electron chi connectivity index (χ3n) is 3.82. The fraction of sp³-hybridized carbons (Fsp3) is 0.263. The Bertz CT molecular complexity index is 793. The lowest BCUT2D eigenvalue weighted by Gasteiger charge is -2.13. The molecule has 0 spiro atoms. The van der Waals surface area contributed by atoms with E-state index in [1.165, 1.54) is 0 Å². The van der Waals surface area contributed by atoms with Crippen molar-refractivity contribution in [3.63, 3.8) is 0 Å². The zero-order chi connectivity index (χ0) is 16.9. The van der Waals surface area contributed by atoms with Crippen LogP contribution in [0.4, 0.5) is 0 Å². The SMILES string of the molecule is CCCC(C)NC(=O)c1cc(-c2cccs2)nn1-c1ccccc1. The Morgan fingerprint density at radius 2 is 2.04 bits per heavy atom. The Morgan fingerprint density at radius 1 is 1.25 bits per heavy atom. The summed E-state index contributed by atoms with van der Waals surface area (Å²) < 4.78 is 1.73. The number of hydrogen-bond acceptors (Lipinski definition) is 3. The highest BCUT2D eigenvalue weighted by Gasteiger charge is 2.19. The van der Waals surface area contributed by atoms with Gasteiger partial charge in [-0.15, -0.1) is 11.3 Å². The molecule has 0 fully saturated rings. The molecule has 0 radical (unpaired) electrons. The molecule has 0 aliphatic rings. The zero-order valence-electron chi connectivity index (χ0n) is 13.9. The summed E-state index contributed by atoms with van der Waals surface area (Å²) in [5, 5.41) is 9.75. The molecule has 2 aromatic heterocycles. The van der Waals surface area contributed by atoms with Crippen molar-refractivity contribution in [2.24, 2.45) is 0 Å². The quantitative estimate of drug-likeness (QED) is 0.718. The number of para-hydroxylation sites is 1. The van der Waals surface area contributed by atoms with E-state index in [1.807, 2.05) is 60.8 Å². The van der Waals surface area contributed by atoms with E-state index in [0.29, 0.717) is 5.69 Å².